The van der Waals surface area contributed by atoms with Gasteiger partial charge in [0.05, 0.1) is 6.61 Å². The summed E-state index contributed by atoms with van der Waals surface area (Å²) in [5.41, 5.74) is 1.32. The number of ether oxygens (including phenoxy) is 3. The molecule has 0 radical (unpaired) electrons. The van der Waals surface area contributed by atoms with Crippen LogP contribution in [0.25, 0.3) is 0 Å². The lowest BCUT2D eigenvalue weighted by Gasteiger charge is -2.40. The van der Waals surface area contributed by atoms with E-state index >= 15 is 0 Å². The van der Waals surface area contributed by atoms with E-state index in [1.54, 1.807) is 0 Å². The molecular weight excluding hydrogens is 294 g/mol. The van der Waals surface area contributed by atoms with Gasteiger partial charge < -0.3 is 19.1 Å². The highest BCUT2D eigenvalue weighted by Gasteiger charge is 2.35. The lowest BCUT2D eigenvalue weighted by atomic mass is 9.76. The number of benzene rings is 1. The van der Waals surface area contributed by atoms with Crippen molar-refractivity contribution in [1.29, 1.82) is 0 Å². The Morgan fingerprint density at radius 3 is 2.96 bits per heavy atom. The summed E-state index contributed by atoms with van der Waals surface area (Å²) in [6.07, 6.45) is 2.47. The van der Waals surface area contributed by atoms with Crippen LogP contribution in [0.2, 0.25) is 0 Å². The molecule has 2 aliphatic rings. The number of piperidine rings is 1. The predicted octanol–water partition coefficient (Wildman–Crippen LogP) is 2.62. The lowest BCUT2D eigenvalue weighted by molar-refractivity contribution is -0.138. The molecule has 2 aliphatic heterocycles. The van der Waals surface area contributed by atoms with E-state index < -0.39 is 0 Å². The van der Waals surface area contributed by atoms with E-state index in [-0.39, 0.29) is 11.3 Å². The molecule has 0 N–H and O–H groups in total. The summed E-state index contributed by atoms with van der Waals surface area (Å²) >= 11 is 0. The van der Waals surface area contributed by atoms with Crippen LogP contribution in [-0.4, -0.2) is 43.9 Å². The van der Waals surface area contributed by atoms with Gasteiger partial charge in [-0.1, -0.05) is 13.0 Å². The lowest BCUT2D eigenvalue weighted by Crippen LogP contribution is -2.47. The molecule has 1 saturated heterocycles. The second-order valence-corrected chi connectivity index (χ2v) is 6.69. The zero-order chi connectivity index (χ0) is 16.3. The number of amides is 1. The summed E-state index contributed by atoms with van der Waals surface area (Å²) < 4.78 is 16.2. The second-order valence-electron chi connectivity index (χ2n) is 6.69. The molecule has 5 nitrogen and oxygen atoms in total. The number of carbonyl (C=O) groups is 1. The van der Waals surface area contributed by atoms with Crippen LogP contribution >= 0.6 is 0 Å². The smallest absolute Gasteiger partial charge is 0.231 e. The van der Waals surface area contributed by atoms with Crippen LogP contribution in [-0.2, 0) is 16.0 Å². The summed E-state index contributed by atoms with van der Waals surface area (Å²) in [5, 5.41) is 0. The summed E-state index contributed by atoms with van der Waals surface area (Å²) in [4.78, 5) is 14.1. The number of fused-ring (bicyclic) bond motifs is 1. The van der Waals surface area contributed by atoms with Crippen molar-refractivity contribution in [3.05, 3.63) is 23.8 Å². The van der Waals surface area contributed by atoms with Gasteiger partial charge in [0.1, 0.15) is 0 Å². The van der Waals surface area contributed by atoms with Crippen LogP contribution in [0.15, 0.2) is 18.2 Å². The Hall–Kier alpha value is -1.75. The molecule has 0 spiro atoms. The molecule has 0 bridgehead atoms. The SMILES string of the molecule is CCOCCN1C[C@](C)(Cc2ccc3c(c2)OCO3)CCC1=O. The van der Waals surface area contributed by atoms with Crippen molar-refractivity contribution in [2.24, 2.45) is 5.41 Å². The van der Waals surface area contributed by atoms with E-state index in [1.165, 1.54) is 5.56 Å². The Kier molecular flexibility index (Phi) is 4.76. The van der Waals surface area contributed by atoms with Crippen LogP contribution in [0, 0.1) is 5.41 Å². The molecule has 1 atom stereocenters. The summed E-state index contributed by atoms with van der Waals surface area (Å²) in [7, 11) is 0. The third kappa shape index (κ3) is 3.78. The van der Waals surface area contributed by atoms with Gasteiger partial charge in [-0.05, 0) is 42.9 Å². The predicted molar refractivity (Wildman–Crippen MR) is 86.7 cm³/mol. The maximum Gasteiger partial charge on any atom is 0.231 e. The second kappa shape index (κ2) is 6.79. The largest absolute Gasteiger partial charge is 0.454 e. The van der Waals surface area contributed by atoms with Gasteiger partial charge in [0.15, 0.2) is 11.5 Å². The maximum atomic E-state index is 12.1. The summed E-state index contributed by atoms with van der Waals surface area (Å²) in [6, 6.07) is 6.14. The standard InChI is InChI=1S/C18H25NO4/c1-3-21-9-8-19-12-18(2,7-6-17(19)20)11-14-4-5-15-16(10-14)23-13-22-15/h4-5,10H,3,6-9,11-13H2,1-2H3/t18-/m0/s1. The van der Waals surface area contributed by atoms with Gasteiger partial charge in [0.2, 0.25) is 12.7 Å². The molecule has 1 aromatic carbocycles. The average molecular weight is 319 g/mol. The first kappa shape index (κ1) is 16.1. The number of carbonyl (C=O) groups excluding carboxylic acids is 1. The van der Waals surface area contributed by atoms with Crippen LogP contribution in [0.5, 0.6) is 11.5 Å². The average Bonchev–Trinajstić information content (AvgIpc) is 2.99. The highest BCUT2D eigenvalue weighted by molar-refractivity contribution is 5.77. The maximum absolute atomic E-state index is 12.1. The first-order chi connectivity index (χ1) is 11.1. The molecule has 23 heavy (non-hydrogen) atoms. The van der Waals surface area contributed by atoms with Gasteiger partial charge in [0, 0.05) is 26.1 Å². The molecule has 0 aromatic heterocycles. The van der Waals surface area contributed by atoms with E-state index in [1.807, 2.05) is 17.9 Å². The molecule has 0 aliphatic carbocycles. The van der Waals surface area contributed by atoms with Crippen LogP contribution < -0.4 is 9.47 Å². The molecule has 1 fully saturated rings. The Labute approximate surface area is 137 Å². The van der Waals surface area contributed by atoms with E-state index in [4.69, 9.17) is 14.2 Å². The molecule has 0 unspecified atom stereocenters. The quantitative estimate of drug-likeness (QED) is 0.756. The fourth-order valence-corrected chi connectivity index (χ4v) is 3.41. The van der Waals surface area contributed by atoms with Crippen molar-refractivity contribution >= 4 is 5.91 Å². The molecule has 3 rings (SSSR count). The van der Waals surface area contributed by atoms with Gasteiger partial charge in [0.25, 0.3) is 0 Å². The van der Waals surface area contributed by atoms with E-state index in [9.17, 15) is 4.79 Å². The zero-order valence-corrected chi connectivity index (χ0v) is 14.0. The van der Waals surface area contributed by atoms with Crippen LogP contribution in [0.1, 0.15) is 32.3 Å². The fraction of sp³-hybridized carbons (Fsp3) is 0.611. The number of nitrogens with zero attached hydrogens (tertiary/aromatic N) is 1. The normalized spacial score (nSPS) is 23.4. The van der Waals surface area contributed by atoms with Crippen molar-refractivity contribution in [1.82, 2.24) is 4.90 Å². The van der Waals surface area contributed by atoms with Crippen LogP contribution in [0.4, 0.5) is 0 Å². The molecule has 1 amide bonds. The van der Waals surface area contributed by atoms with Gasteiger partial charge in [-0.25, -0.2) is 0 Å². The fourth-order valence-electron chi connectivity index (χ4n) is 3.41. The number of hydrogen-bond acceptors (Lipinski definition) is 4. The Morgan fingerprint density at radius 2 is 2.13 bits per heavy atom. The van der Waals surface area contributed by atoms with Gasteiger partial charge in [-0.3, -0.25) is 4.79 Å². The number of rotatable bonds is 6. The Bertz CT molecular complexity index is 574. The highest BCUT2D eigenvalue weighted by atomic mass is 16.7. The van der Waals surface area contributed by atoms with Gasteiger partial charge in [-0.15, -0.1) is 0 Å². The van der Waals surface area contributed by atoms with Crippen LogP contribution in [0.3, 0.4) is 0 Å². The van der Waals surface area contributed by atoms with Crippen molar-refractivity contribution in [3.63, 3.8) is 0 Å². The molecule has 5 heteroatoms. The molecule has 0 saturated carbocycles. The minimum atomic E-state index is 0.0911. The van der Waals surface area contributed by atoms with Crippen molar-refractivity contribution < 1.29 is 19.0 Å². The van der Waals surface area contributed by atoms with Gasteiger partial charge >= 0.3 is 0 Å². The highest BCUT2D eigenvalue weighted by Crippen LogP contribution is 2.37. The molecular formula is C18H25NO4. The first-order valence-electron chi connectivity index (χ1n) is 8.34. The van der Waals surface area contributed by atoms with Crippen molar-refractivity contribution in [2.45, 2.75) is 33.1 Å². The minimum absolute atomic E-state index is 0.0911. The molecule has 126 valence electrons. The van der Waals surface area contributed by atoms with E-state index in [0.29, 0.717) is 33.0 Å². The van der Waals surface area contributed by atoms with E-state index in [0.717, 1.165) is 30.9 Å². The van der Waals surface area contributed by atoms with Gasteiger partial charge in [-0.2, -0.15) is 0 Å². The third-order valence-corrected chi connectivity index (χ3v) is 4.65. The Balaban J connectivity index is 1.65. The summed E-state index contributed by atoms with van der Waals surface area (Å²) in [5.74, 6) is 1.88. The number of likely N-dealkylation sites (tertiary alicyclic amines) is 1. The monoisotopic (exact) mass is 319 g/mol. The summed E-state index contributed by atoms with van der Waals surface area (Å²) in [6.45, 7) is 7.31. The minimum Gasteiger partial charge on any atom is -0.454 e. The topological polar surface area (TPSA) is 48.0 Å². The number of hydrogen-bond donors (Lipinski definition) is 0. The van der Waals surface area contributed by atoms with Crippen molar-refractivity contribution in [2.75, 3.05) is 33.1 Å². The third-order valence-electron chi connectivity index (χ3n) is 4.65. The van der Waals surface area contributed by atoms with Crippen molar-refractivity contribution in [3.8, 4) is 11.5 Å². The van der Waals surface area contributed by atoms with E-state index in [2.05, 4.69) is 19.1 Å². The Morgan fingerprint density at radius 1 is 1.30 bits per heavy atom. The molecule has 1 aromatic rings. The first-order valence-corrected chi connectivity index (χ1v) is 8.34. The zero-order valence-electron chi connectivity index (χ0n) is 14.0. The molecule has 2 heterocycles.